The fraction of sp³-hybridized carbons (Fsp3) is 0.111. The van der Waals surface area contributed by atoms with Gasteiger partial charge >= 0.3 is 144 Å². The number of para-hydroxylation sites is 2. The summed E-state index contributed by atoms with van der Waals surface area (Å²) >= 11 is 4.19. The molecule has 0 atom stereocenters. The number of phenolic OH excluding ortho intramolecular Hbond substituents is 2. The van der Waals surface area contributed by atoms with Crippen molar-refractivity contribution in [3.8, 4) is 11.5 Å². The van der Waals surface area contributed by atoms with Crippen molar-refractivity contribution in [1.82, 2.24) is 10.1 Å². The van der Waals surface area contributed by atoms with Crippen molar-refractivity contribution >= 4 is 12.2 Å². The molecule has 2 rings (SSSR count). The van der Waals surface area contributed by atoms with E-state index in [1.807, 2.05) is 18.2 Å². The molecule has 0 amide bonds. The Balaban J connectivity index is 2.46. The van der Waals surface area contributed by atoms with Crippen molar-refractivity contribution < 1.29 is 26.2 Å². The van der Waals surface area contributed by atoms with Crippen molar-refractivity contribution in [2.75, 3.05) is 6.54 Å². The van der Waals surface area contributed by atoms with Gasteiger partial charge in [-0.2, -0.15) is 0 Å². The molecule has 0 fully saturated rings. The minimum absolute atomic E-state index is 0.167. The number of phenols is 2. The standard InChI is InChI=1S/C18H18N2O2.Co/c19-10-9-13(11-14-5-1-3-7-17(14)21)16(20)12-15-6-2-4-8-18(15)22;/h1-8,11-12,19-22H,9-10H2;/q-1;+1. The van der Waals surface area contributed by atoms with Crippen LogP contribution in [-0.2, 0) is 16.0 Å². The summed E-state index contributed by atoms with van der Waals surface area (Å²) in [6, 6.07) is 14.0. The summed E-state index contributed by atoms with van der Waals surface area (Å²) in [6.07, 6.45) is 4.07. The summed E-state index contributed by atoms with van der Waals surface area (Å²) in [5, 5.41) is 19.8. The molecular weight excluding hydrogens is 335 g/mol. The SMILES string of the molecule is [NH]CCC(=Cc1ccccc1O)C(=Cc1ccccc1O)[NH][Co]. The first-order chi connectivity index (χ1) is 11.2. The quantitative estimate of drug-likeness (QED) is 0.698. The predicted molar refractivity (Wildman–Crippen MR) is 87.9 cm³/mol. The van der Waals surface area contributed by atoms with Crippen LogP contribution in [0.3, 0.4) is 0 Å². The molecule has 0 aromatic heterocycles. The minimum atomic E-state index is 0.167. The summed E-state index contributed by atoms with van der Waals surface area (Å²) in [7, 11) is 0. The molecule has 0 saturated heterocycles. The molecule has 2 aromatic rings. The summed E-state index contributed by atoms with van der Waals surface area (Å²) in [6.45, 7) is 0.201. The molecule has 0 spiro atoms. The second-order valence-corrected chi connectivity index (χ2v) is 5.19. The molecule has 1 radical (unpaired) electrons. The van der Waals surface area contributed by atoms with Crippen molar-refractivity contribution in [1.29, 1.82) is 0 Å². The van der Waals surface area contributed by atoms with E-state index in [1.165, 1.54) is 0 Å². The first kappa shape index (κ1) is 17.1. The molecule has 121 valence electrons. The topological polar surface area (TPSA) is 76.3 Å². The van der Waals surface area contributed by atoms with Gasteiger partial charge in [-0.15, -0.1) is 0 Å². The van der Waals surface area contributed by atoms with Gasteiger partial charge in [0.1, 0.15) is 0 Å². The Morgan fingerprint density at radius 1 is 0.957 bits per heavy atom. The van der Waals surface area contributed by atoms with Gasteiger partial charge in [0.25, 0.3) is 0 Å². The van der Waals surface area contributed by atoms with E-state index in [2.05, 4.69) is 20.3 Å². The van der Waals surface area contributed by atoms with E-state index in [0.717, 1.165) is 5.57 Å². The van der Waals surface area contributed by atoms with E-state index in [1.54, 1.807) is 42.5 Å². The van der Waals surface area contributed by atoms with Crippen molar-refractivity contribution in [3.05, 3.63) is 70.9 Å². The molecule has 4 N–H and O–H groups in total. The van der Waals surface area contributed by atoms with Crippen molar-refractivity contribution in [2.24, 2.45) is 0 Å². The number of aromatic hydroxyl groups is 2. The molecule has 0 bridgehead atoms. The van der Waals surface area contributed by atoms with Crippen LogP contribution in [0, 0.1) is 0 Å². The average Bonchev–Trinajstić information content (AvgIpc) is 2.56. The van der Waals surface area contributed by atoms with Crippen LogP contribution in [-0.4, -0.2) is 16.8 Å². The Morgan fingerprint density at radius 2 is 1.48 bits per heavy atom. The van der Waals surface area contributed by atoms with Crippen LogP contribution in [0.4, 0.5) is 0 Å². The Hall–Kier alpha value is -2.21. The van der Waals surface area contributed by atoms with Crippen LogP contribution in [0.1, 0.15) is 17.5 Å². The molecule has 0 saturated carbocycles. The van der Waals surface area contributed by atoms with E-state index < -0.39 is 0 Å². The van der Waals surface area contributed by atoms with Gasteiger partial charge in [0.15, 0.2) is 0 Å². The van der Waals surface area contributed by atoms with E-state index in [-0.39, 0.29) is 18.0 Å². The number of benzene rings is 2. The first-order valence-electron chi connectivity index (χ1n) is 7.13. The zero-order chi connectivity index (χ0) is 16.7. The number of hydrogen-bond donors (Lipinski definition) is 3. The van der Waals surface area contributed by atoms with Gasteiger partial charge in [0.2, 0.25) is 0 Å². The number of allylic oxidation sites excluding steroid dienone is 1. The van der Waals surface area contributed by atoms with Crippen LogP contribution in [0.2, 0.25) is 0 Å². The van der Waals surface area contributed by atoms with Crippen LogP contribution in [0.15, 0.2) is 59.8 Å². The average molecular weight is 353 g/mol. The van der Waals surface area contributed by atoms with Gasteiger partial charge in [-0.1, -0.05) is 0 Å². The van der Waals surface area contributed by atoms with Gasteiger partial charge in [0.05, 0.1) is 0 Å². The third kappa shape index (κ3) is 4.63. The molecule has 0 aliphatic rings. The Labute approximate surface area is 144 Å². The van der Waals surface area contributed by atoms with E-state index in [4.69, 9.17) is 5.73 Å². The van der Waals surface area contributed by atoms with E-state index in [0.29, 0.717) is 23.2 Å². The second kappa shape index (κ2) is 8.43. The Kier molecular flexibility index (Phi) is 6.28. The van der Waals surface area contributed by atoms with Gasteiger partial charge in [0, 0.05) is 0 Å². The molecule has 0 heterocycles. The monoisotopic (exact) mass is 353 g/mol. The molecule has 2 aromatic carbocycles. The number of hydrogen-bond acceptors (Lipinski definition) is 3. The molecule has 0 aliphatic heterocycles. The summed E-state index contributed by atoms with van der Waals surface area (Å²) in [4.78, 5) is 0. The van der Waals surface area contributed by atoms with E-state index in [9.17, 15) is 10.2 Å². The van der Waals surface area contributed by atoms with Crippen molar-refractivity contribution in [3.63, 3.8) is 0 Å². The molecule has 0 unspecified atom stereocenters. The third-order valence-corrected chi connectivity index (χ3v) is 3.61. The Bertz CT molecular complexity index is 726. The molecular formula is C18H18CoN2O2. The fourth-order valence-corrected chi connectivity index (χ4v) is 2.39. The summed E-state index contributed by atoms with van der Waals surface area (Å²) < 4.78 is 2.81. The molecule has 4 nitrogen and oxygen atoms in total. The van der Waals surface area contributed by atoms with Gasteiger partial charge in [-0.25, -0.2) is 0 Å². The van der Waals surface area contributed by atoms with Gasteiger partial charge in [-0.3, -0.25) is 0 Å². The Morgan fingerprint density at radius 3 is 1.96 bits per heavy atom. The predicted octanol–water partition coefficient (Wildman–Crippen LogP) is 3.25. The number of rotatable bonds is 6. The molecule has 5 heteroatoms. The van der Waals surface area contributed by atoms with Crippen LogP contribution in [0.25, 0.3) is 12.2 Å². The second-order valence-electron chi connectivity index (χ2n) is 4.93. The van der Waals surface area contributed by atoms with Crippen LogP contribution in [0.5, 0.6) is 11.5 Å². The molecule has 23 heavy (non-hydrogen) atoms. The van der Waals surface area contributed by atoms with Gasteiger partial charge < -0.3 is 0 Å². The van der Waals surface area contributed by atoms with Crippen molar-refractivity contribution in [2.45, 2.75) is 6.42 Å². The number of nitrogens with one attached hydrogen (secondary N) is 2. The summed E-state index contributed by atoms with van der Waals surface area (Å²) in [5.74, 6) is 0.343. The maximum absolute atomic E-state index is 9.93. The van der Waals surface area contributed by atoms with E-state index >= 15 is 0 Å². The summed E-state index contributed by atoms with van der Waals surface area (Å²) in [5.41, 5.74) is 10.3. The van der Waals surface area contributed by atoms with Gasteiger partial charge in [-0.05, 0) is 0 Å². The zero-order valence-electron chi connectivity index (χ0n) is 12.4. The molecule has 0 aliphatic carbocycles. The normalized spacial score (nSPS) is 12.3. The van der Waals surface area contributed by atoms with Crippen LogP contribution >= 0.6 is 0 Å². The zero-order valence-corrected chi connectivity index (χ0v) is 13.5. The third-order valence-electron chi connectivity index (χ3n) is 3.33. The first-order valence-corrected chi connectivity index (χ1v) is 7.65. The maximum atomic E-state index is 9.93. The fourth-order valence-electron chi connectivity index (χ4n) is 2.15. The van der Waals surface area contributed by atoms with Crippen LogP contribution < -0.4 is 10.1 Å².